The Kier molecular flexibility index (Phi) is 5.97. The van der Waals surface area contributed by atoms with Crippen LogP contribution in [0.25, 0.3) is 10.9 Å². The Morgan fingerprint density at radius 3 is 2.85 bits per heavy atom. The highest BCUT2D eigenvalue weighted by molar-refractivity contribution is 7.07. The van der Waals surface area contributed by atoms with Crippen LogP contribution in [0.1, 0.15) is 17.8 Å². The van der Waals surface area contributed by atoms with Crippen molar-refractivity contribution in [3.63, 3.8) is 0 Å². The van der Waals surface area contributed by atoms with E-state index in [2.05, 4.69) is 9.97 Å². The lowest BCUT2D eigenvalue weighted by Gasteiger charge is -2.16. The van der Waals surface area contributed by atoms with Crippen molar-refractivity contribution in [2.24, 2.45) is 0 Å². The van der Waals surface area contributed by atoms with Gasteiger partial charge in [0, 0.05) is 20.0 Å². The summed E-state index contributed by atoms with van der Waals surface area (Å²) in [7, 11) is 1.66. The molecular weight excluding hydrogens is 366 g/mol. The zero-order chi connectivity index (χ0) is 19.2. The number of para-hydroxylation sites is 1. The number of likely N-dealkylation sites (N-methyl/N-ethyl adjacent to an activating group) is 1. The fraction of sp³-hybridized carbons (Fsp3) is 0.263. The van der Waals surface area contributed by atoms with Crippen LogP contribution >= 0.6 is 11.3 Å². The molecule has 7 nitrogen and oxygen atoms in total. The zero-order valence-electron chi connectivity index (χ0n) is 14.8. The third-order valence-electron chi connectivity index (χ3n) is 4.01. The van der Waals surface area contributed by atoms with Crippen molar-refractivity contribution in [3.05, 3.63) is 62.8 Å². The highest BCUT2D eigenvalue weighted by atomic mass is 32.1. The maximum absolute atomic E-state index is 12.0. The molecule has 3 rings (SSSR count). The molecule has 0 aliphatic carbocycles. The second kappa shape index (κ2) is 8.59. The number of carbonyl (C=O) groups excluding carboxylic acids is 2. The maximum Gasteiger partial charge on any atom is 0.306 e. The molecule has 0 fully saturated rings. The summed E-state index contributed by atoms with van der Waals surface area (Å²) in [6.45, 7) is 0.170. The van der Waals surface area contributed by atoms with E-state index in [1.54, 1.807) is 42.6 Å². The molecule has 0 aliphatic heterocycles. The highest BCUT2D eigenvalue weighted by Crippen LogP contribution is 2.09. The number of aromatic nitrogens is 2. The molecule has 27 heavy (non-hydrogen) atoms. The van der Waals surface area contributed by atoms with Crippen molar-refractivity contribution in [2.75, 3.05) is 13.7 Å². The predicted octanol–water partition coefficient (Wildman–Crippen LogP) is 2.12. The van der Waals surface area contributed by atoms with E-state index < -0.39 is 5.97 Å². The average Bonchev–Trinajstić information content (AvgIpc) is 3.17. The average molecular weight is 385 g/mol. The van der Waals surface area contributed by atoms with Gasteiger partial charge in [-0.05, 0) is 34.5 Å². The van der Waals surface area contributed by atoms with Gasteiger partial charge in [0.15, 0.2) is 6.61 Å². The zero-order valence-corrected chi connectivity index (χ0v) is 15.6. The van der Waals surface area contributed by atoms with Gasteiger partial charge < -0.3 is 14.6 Å². The maximum atomic E-state index is 12.0. The number of hydrogen-bond acceptors (Lipinski definition) is 6. The van der Waals surface area contributed by atoms with Gasteiger partial charge in [0.25, 0.3) is 11.5 Å². The van der Waals surface area contributed by atoms with Crippen LogP contribution in [0.2, 0.25) is 0 Å². The minimum atomic E-state index is -0.511. The third kappa shape index (κ3) is 5.01. The molecule has 0 radical (unpaired) electrons. The fourth-order valence-corrected chi connectivity index (χ4v) is 3.20. The summed E-state index contributed by atoms with van der Waals surface area (Å²) in [4.78, 5) is 44.4. The van der Waals surface area contributed by atoms with E-state index in [9.17, 15) is 14.4 Å². The molecule has 0 atom stereocenters. The molecule has 2 aromatic heterocycles. The van der Waals surface area contributed by atoms with Crippen LogP contribution in [-0.2, 0) is 27.3 Å². The number of esters is 1. The lowest BCUT2D eigenvalue weighted by Crippen LogP contribution is -2.30. The van der Waals surface area contributed by atoms with Crippen LogP contribution in [0.3, 0.4) is 0 Å². The number of nitrogens with one attached hydrogen (secondary N) is 1. The normalized spacial score (nSPS) is 10.7. The number of H-pyrrole nitrogens is 1. The summed E-state index contributed by atoms with van der Waals surface area (Å²) in [6, 6.07) is 8.94. The Labute approximate surface area is 159 Å². The summed E-state index contributed by atoms with van der Waals surface area (Å²) in [5, 5.41) is 4.41. The van der Waals surface area contributed by atoms with E-state index in [4.69, 9.17) is 4.74 Å². The van der Waals surface area contributed by atoms with E-state index in [-0.39, 0.29) is 30.9 Å². The first-order valence-corrected chi connectivity index (χ1v) is 9.36. The largest absolute Gasteiger partial charge is 0.456 e. The smallest absolute Gasteiger partial charge is 0.306 e. The van der Waals surface area contributed by atoms with Gasteiger partial charge in [-0.25, -0.2) is 4.98 Å². The molecule has 1 amide bonds. The number of ether oxygens (including phenoxy) is 1. The van der Waals surface area contributed by atoms with Crippen molar-refractivity contribution < 1.29 is 14.3 Å². The number of nitrogens with zero attached hydrogens (tertiary/aromatic N) is 2. The van der Waals surface area contributed by atoms with Crippen LogP contribution < -0.4 is 5.56 Å². The van der Waals surface area contributed by atoms with Crippen LogP contribution in [0, 0.1) is 0 Å². The van der Waals surface area contributed by atoms with Crippen molar-refractivity contribution in [2.45, 2.75) is 19.4 Å². The Morgan fingerprint density at radius 2 is 2.07 bits per heavy atom. The number of carbonyl (C=O) groups is 2. The molecule has 0 aliphatic rings. The number of fused-ring (bicyclic) bond motifs is 1. The van der Waals surface area contributed by atoms with Crippen LogP contribution in [0.5, 0.6) is 0 Å². The van der Waals surface area contributed by atoms with Crippen molar-refractivity contribution in [3.8, 4) is 0 Å². The first-order chi connectivity index (χ1) is 13.0. The first-order valence-electron chi connectivity index (χ1n) is 8.41. The molecule has 140 valence electrons. The fourth-order valence-electron chi connectivity index (χ4n) is 2.54. The molecule has 0 bridgehead atoms. The molecule has 0 spiro atoms. The minimum Gasteiger partial charge on any atom is -0.456 e. The standard InChI is InChI=1S/C19H19N3O4S/c1-22(10-13-8-9-27-12-13)17(23)11-26-18(24)7-6-16-20-15-5-3-2-4-14(15)19(25)21-16/h2-5,8-9,12H,6-7,10-11H2,1H3,(H,20,21,25). The molecule has 2 heterocycles. The predicted molar refractivity (Wildman–Crippen MR) is 102 cm³/mol. The van der Waals surface area contributed by atoms with Gasteiger partial charge in [-0.15, -0.1) is 0 Å². The summed E-state index contributed by atoms with van der Waals surface area (Å²) in [5.74, 6) is -0.369. The van der Waals surface area contributed by atoms with Gasteiger partial charge in [0.05, 0.1) is 17.3 Å². The number of thiophene rings is 1. The van der Waals surface area contributed by atoms with Crippen LogP contribution in [0.4, 0.5) is 0 Å². The SMILES string of the molecule is CN(Cc1ccsc1)C(=O)COC(=O)CCc1nc2ccccc2c(=O)[nH]1. The monoisotopic (exact) mass is 385 g/mol. The highest BCUT2D eigenvalue weighted by Gasteiger charge is 2.13. The molecule has 3 aromatic rings. The lowest BCUT2D eigenvalue weighted by molar-refractivity contribution is -0.151. The van der Waals surface area contributed by atoms with Gasteiger partial charge in [-0.3, -0.25) is 14.4 Å². The summed E-state index contributed by atoms with van der Waals surface area (Å²) < 4.78 is 5.04. The first kappa shape index (κ1) is 18.8. The van der Waals surface area contributed by atoms with Crippen molar-refractivity contribution in [1.82, 2.24) is 14.9 Å². The Morgan fingerprint density at radius 1 is 1.26 bits per heavy atom. The van der Waals surface area contributed by atoms with Gasteiger partial charge in [-0.1, -0.05) is 12.1 Å². The van der Waals surface area contributed by atoms with E-state index in [1.807, 2.05) is 16.8 Å². The number of hydrogen-bond donors (Lipinski definition) is 1. The topological polar surface area (TPSA) is 92.4 Å². The lowest BCUT2D eigenvalue weighted by atomic mass is 10.2. The van der Waals surface area contributed by atoms with Gasteiger partial charge >= 0.3 is 5.97 Å². The summed E-state index contributed by atoms with van der Waals surface area (Å²) in [6.07, 6.45) is 0.265. The van der Waals surface area contributed by atoms with E-state index in [1.165, 1.54) is 4.90 Å². The molecule has 1 aromatic carbocycles. The number of aromatic amines is 1. The van der Waals surface area contributed by atoms with Gasteiger partial charge in [-0.2, -0.15) is 11.3 Å². The number of aryl methyl sites for hydroxylation is 1. The number of amides is 1. The molecule has 8 heteroatoms. The van der Waals surface area contributed by atoms with Gasteiger partial charge in [0.2, 0.25) is 0 Å². The van der Waals surface area contributed by atoms with Gasteiger partial charge in [0.1, 0.15) is 5.82 Å². The number of rotatable bonds is 7. The molecule has 0 saturated heterocycles. The second-order valence-corrected chi connectivity index (χ2v) is 6.85. The summed E-state index contributed by atoms with van der Waals surface area (Å²) in [5.41, 5.74) is 1.37. The van der Waals surface area contributed by atoms with Crippen LogP contribution in [0.15, 0.2) is 45.9 Å². The quantitative estimate of drug-likeness (QED) is 0.629. The molecular formula is C19H19N3O4S. The molecule has 0 unspecified atom stereocenters. The second-order valence-electron chi connectivity index (χ2n) is 6.07. The Bertz CT molecular complexity index is 998. The molecule has 0 saturated carbocycles. The van der Waals surface area contributed by atoms with Crippen molar-refractivity contribution >= 4 is 34.1 Å². The third-order valence-corrected chi connectivity index (χ3v) is 4.74. The van der Waals surface area contributed by atoms with E-state index in [0.717, 1.165) is 5.56 Å². The molecule has 1 N–H and O–H groups in total. The summed E-state index contributed by atoms with van der Waals surface area (Å²) >= 11 is 1.56. The minimum absolute atomic E-state index is 0.0306. The van der Waals surface area contributed by atoms with E-state index in [0.29, 0.717) is 23.3 Å². The van der Waals surface area contributed by atoms with Crippen molar-refractivity contribution in [1.29, 1.82) is 0 Å². The Balaban J connectivity index is 1.48. The Hall–Kier alpha value is -3.00. The van der Waals surface area contributed by atoms with E-state index >= 15 is 0 Å². The van der Waals surface area contributed by atoms with Crippen LogP contribution in [-0.4, -0.2) is 40.4 Å². The number of benzene rings is 1.